The first-order valence-corrected chi connectivity index (χ1v) is 14.1. The molecule has 5 rings (SSSR count). The van der Waals surface area contributed by atoms with E-state index in [0.717, 1.165) is 28.6 Å². The van der Waals surface area contributed by atoms with Gasteiger partial charge in [0.25, 0.3) is 11.8 Å². The summed E-state index contributed by atoms with van der Waals surface area (Å²) in [4.78, 5) is 39.2. The van der Waals surface area contributed by atoms with Crippen LogP contribution >= 0.6 is 23.1 Å². The molecule has 1 saturated heterocycles. The number of fused-ring (bicyclic) bond motifs is 1. The maximum atomic E-state index is 13.3. The van der Waals surface area contributed by atoms with Crippen molar-refractivity contribution in [3.05, 3.63) is 70.8 Å². The number of thioether (sulfide) groups is 1. The first-order valence-electron chi connectivity index (χ1n) is 12.2. The molecule has 0 N–H and O–H groups in total. The minimum absolute atomic E-state index is 0.00966. The molecule has 37 heavy (non-hydrogen) atoms. The third-order valence-electron chi connectivity index (χ3n) is 6.44. The van der Waals surface area contributed by atoms with Gasteiger partial charge in [0.05, 0.1) is 10.6 Å². The number of benzene rings is 1. The van der Waals surface area contributed by atoms with E-state index in [1.54, 1.807) is 23.2 Å². The molecular formula is C27H28N4O4S2. The van der Waals surface area contributed by atoms with Gasteiger partial charge in [0.15, 0.2) is 11.5 Å². The molecule has 2 amide bonds. The molecule has 0 radical (unpaired) electrons. The van der Waals surface area contributed by atoms with Crippen molar-refractivity contribution in [3.63, 3.8) is 0 Å². The first-order chi connectivity index (χ1) is 18.1. The van der Waals surface area contributed by atoms with Crippen molar-refractivity contribution in [1.82, 2.24) is 14.9 Å². The zero-order valence-corrected chi connectivity index (χ0v) is 22.2. The van der Waals surface area contributed by atoms with E-state index in [1.807, 2.05) is 41.5 Å². The number of nitrogens with zero attached hydrogens (tertiary/aromatic N) is 4. The molecule has 1 aromatic carbocycles. The summed E-state index contributed by atoms with van der Waals surface area (Å²) in [5.74, 6) is 2.12. The number of carbonyl (C=O) groups is 2. The number of pyridine rings is 1. The van der Waals surface area contributed by atoms with Crippen LogP contribution in [0.25, 0.3) is 0 Å². The van der Waals surface area contributed by atoms with Gasteiger partial charge in [0.2, 0.25) is 6.79 Å². The lowest BCUT2D eigenvalue weighted by Crippen LogP contribution is -2.38. The summed E-state index contributed by atoms with van der Waals surface area (Å²) in [5.41, 5.74) is 1.83. The Bertz CT molecular complexity index is 1300. The highest BCUT2D eigenvalue weighted by Crippen LogP contribution is 2.36. The van der Waals surface area contributed by atoms with Crippen LogP contribution in [-0.4, -0.2) is 58.9 Å². The number of likely N-dealkylation sites (tertiary alicyclic amines) is 1. The number of ether oxygens (including phenoxy) is 2. The van der Waals surface area contributed by atoms with Crippen molar-refractivity contribution in [2.24, 2.45) is 0 Å². The number of aromatic nitrogens is 2. The third kappa shape index (κ3) is 5.35. The van der Waals surface area contributed by atoms with Crippen molar-refractivity contribution in [2.45, 2.75) is 30.7 Å². The van der Waals surface area contributed by atoms with E-state index >= 15 is 0 Å². The topological polar surface area (TPSA) is 84.9 Å². The Hall–Kier alpha value is -3.37. The van der Waals surface area contributed by atoms with Crippen molar-refractivity contribution < 1.29 is 19.1 Å². The number of piperidine rings is 1. The smallest absolute Gasteiger partial charge is 0.277 e. The Morgan fingerprint density at radius 3 is 2.84 bits per heavy atom. The monoisotopic (exact) mass is 536 g/mol. The zero-order chi connectivity index (χ0) is 25.8. The predicted octanol–water partition coefficient (Wildman–Crippen LogP) is 5.23. The average molecular weight is 537 g/mol. The molecule has 3 aromatic rings. The van der Waals surface area contributed by atoms with Crippen molar-refractivity contribution in [3.8, 4) is 11.5 Å². The highest BCUT2D eigenvalue weighted by atomic mass is 32.2. The molecule has 1 fully saturated rings. The average Bonchev–Trinajstić information content (AvgIpc) is 3.62. The number of rotatable bonds is 8. The van der Waals surface area contributed by atoms with E-state index in [1.165, 1.54) is 23.1 Å². The summed E-state index contributed by atoms with van der Waals surface area (Å²) in [7, 11) is 0. The second-order valence-corrected chi connectivity index (χ2v) is 10.6. The van der Waals surface area contributed by atoms with Gasteiger partial charge in [0, 0.05) is 54.6 Å². The summed E-state index contributed by atoms with van der Waals surface area (Å²) < 4.78 is 10.9. The van der Waals surface area contributed by atoms with Gasteiger partial charge in [-0.15, -0.1) is 29.7 Å². The van der Waals surface area contributed by atoms with Crippen LogP contribution in [0.4, 0.5) is 5.69 Å². The molecule has 8 nitrogen and oxygen atoms in total. The SMILES string of the molecule is C=CCSc1ncccc1C(=O)N1CCC(c2nc(C(=O)N(CC)c3ccc4c(c3)OCO4)cs2)CC1. The van der Waals surface area contributed by atoms with Crippen LogP contribution in [0.5, 0.6) is 11.5 Å². The van der Waals surface area contributed by atoms with Crippen molar-refractivity contribution in [1.29, 1.82) is 0 Å². The number of hydrogen-bond donors (Lipinski definition) is 0. The Labute approximate surface area is 224 Å². The van der Waals surface area contributed by atoms with Gasteiger partial charge in [-0.3, -0.25) is 9.59 Å². The fourth-order valence-corrected chi connectivity index (χ4v) is 6.20. The Kier molecular flexibility index (Phi) is 7.76. The summed E-state index contributed by atoms with van der Waals surface area (Å²) >= 11 is 3.03. The van der Waals surface area contributed by atoms with Crippen LogP contribution < -0.4 is 14.4 Å². The van der Waals surface area contributed by atoms with E-state index in [9.17, 15) is 9.59 Å². The molecule has 0 saturated carbocycles. The lowest BCUT2D eigenvalue weighted by molar-refractivity contribution is 0.0708. The molecular weight excluding hydrogens is 508 g/mol. The molecule has 0 unspecified atom stereocenters. The molecule has 0 bridgehead atoms. The minimum atomic E-state index is -0.141. The number of anilines is 1. The van der Waals surface area contributed by atoms with Crippen molar-refractivity contribution in [2.75, 3.05) is 37.1 Å². The summed E-state index contributed by atoms with van der Waals surface area (Å²) in [6.07, 6.45) is 5.13. The van der Waals surface area contributed by atoms with E-state index in [0.29, 0.717) is 48.1 Å². The summed E-state index contributed by atoms with van der Waals surface area (Å²) in [6.45, 7) is 7.67. The van der Waals surface area contributed by atoms with Crippen LogP contribution in [-0.2, 0) is 0 Å². The van der Waals surface area contributed by atoms with Gasteiger partial charge < -0.3 is 19.3 Å². The molecule has 192 valence electrons. The molecule has 0 aliphatic carbocycles. The van der Waals surface area contributed by atoms with E-state index in [-0.39, 0.29) is 24.5 Å². The Balaban J connectivity index is 1.23. The fourth-order valence-electron chi connectivity index (χ4n) is 4.51. The summed E-state index contributed by atoms with van der Waals surface area (Å²) in [5, 5.41) is 3.52. The van der Waals surface area contributed by atoms with Crippen LogP contribution in [0, 0.1) is 0 Å². The lowest BCUT2D eigenvalue weighted by atomic mass is 9.97. The number of carbonyl (C=O) groups excluding carboxylic acids is 2. The van der Waals surface area contributed by atoms with Crippen LogP contribution in [0.2, 0.25) is 0 Å². The lowest BCUT2D eigenvalue weighted by Gasteiger charge is -2.31. The van der Waals surface area contributed by atoms with Gasteiger partial charge >= 0.3 is 0 Å². The largest absolute Gasteiger partial charge is 0.454 e. The van der Waals surface area contributed by atoms with E-state index in [2.05, 4.69) is 11.6 Å². The van der Waals surface area contributed by atoms with Gasteiger partial charge in [-0.2, -0.15) is 0 Å². The molecule has 4 heterocycles. The molecule has 2 aliphatic rings. The normalized spacial score (nSPS) is 15.0. The van der Waals surface area contributed by atoms with E-state index in [4.69, 9.17) is 14.5 Å². The fraction of sp³-hybridized carbons (Fsp3) is 0.333. The quantitative estimate of drug-likeness (QED) is 0.288. The maximum Gasteiger partial charge on any atom is 0.277 e. The Morgan fingerprint density at radius 2 is 2.05 bits per heavy atom. The highest BCUT2D eigenvalue weighted by Gasteiger charge is 2.29. The molecule has 0 atom stereocenters. The number of hydrogen-bond acceptors (Lipinski definition) is 8. The third-order valence-corrected chi connectivity index (χ3v) is 8.45. The second kappa shape index (κ2) is 11.4. The molecule has 0 spiro atoms. The maximum absolute atomic E-state index is 13.3. The second-order valence-electron chi connectivity index (χ2n) is 8.68. The number of thiazole rings is 1. The zero-order valence-electron chi connectivity index (χ0n) is 20.6. The van der Waals surface area contributed by atoms with Crippen LogP contribution in [0.1, 0.15) is 51.5 Å². The van der Waals surface area contributed by atoms with Crippen LogP contribution in [0.3, 0.4) is 0 Å². The first kappa shape index (κ1) is 25.3. The predicted molar refractivity (Wildman–Crippen MR) is 145 cm³/mol. The minimum Gasteiger partial charge on any atom is -0.454 e. The van der Waals surface area contributed by atoms with E-state index < -0.39 is 0 Å². The van der Waals surface area contributed by atoms with Crippen LogP contribution in [0.15, 0.2) is 59.6 Å². The standard InChI is InChI=1S/C27H28N4O4S2/c1-3-14-36-25-20(6-5-11-28-25)26(32)30-12-9-18(10-13-30)24-29-21(16-37-24)27(33)31(4-2)19-7-8-22-23(15-19)35-17-34-22/h3,5-8,11,15-16,18H,1,4,9-10,12-14,17H2,2H3. The molecule has 2 aliphatic heterocycles. The molecule has 10 heteroatoms. The van der Waals surface area contributed by atoms with Gasteiger partial charge in [-0.1, -0.05) is 6.08 Å². The van der Waals surface area contributed by atoms with Gasteiger partial charge in [-0.25, -0.2) is 9.97 Å². The highest BCUT2D eigenvalue weighted by molar-refractivity contribution is 7.99. The number of amides is 2. The van der Waals surface area contributed by atoms with Gasteiger partial charge in [0.1, 0.15) is 10.7 Å². The summed E-state index contributed by atoms with van der Waals surface area (Å²) in [6, 6.07) is 9.15. The molecule has 2 aromatic heterocycles. The van der Waals surface area contributed by atoms with Gasteiger partial charge in [-0.05, 0) is 44.0 Å². The van der Waals surface area contributed by atoms with Crippen molar-refractivity contribution >= 4 is 40.6 Å². The Morgan fingerprint density at radius 1 is 1.24 bits per heavy atom.